The lowest BCUT2D eigenvalue weighted by atomic mass is 9.85. The average Bonchev–Trinajstić information content (AvgIpc) is 2.27. The van der Waals surface area contributed by atoms with E-state index in [1.165, 1.54) is 0 Å². The van der Waals surface area contributed by atoms with Crippen LogP contribution in [0.15, 0.2) is 4.99 Å². The predicted molar refractivity (Wildman–Crippen MR) is 51.7 cm³/mol. The van der Waals surface area contributed by atoms with Gasteiger partial charge >= 0.3 is 0 Å². The van der Waals surface area contributed by atoms with E-state index in [2.05, 4.69) is 4.99 Å². The van der Waals surface area contributed by atoms with Crippen LogP contribution in [0, 0.1) is 5.41 Å². The highest BCUT2D eigenvalue weighted by Crippen LogP contribution is 2.33. The Labute approximate surface area is 79.2 Å². The van der Waals surface area contributed by atoms with Crippen molar-refractivity contribution in [2.24, 2.45) is 10.4 Å². The number of ether oxygens (including phenoxy) is 1. The fraction of sp³-hybridized carbons (Fsp3) is 0.800. The van der Waals surface area contributed by atoms with Gasteiger partial charge in [0, 0.05) is 6.42 Å². The van der Waals surface area contributed by atoms with Crippen molar-refractivity contribution in [2.75, 3.05) is 0 Å². The minimum absolute atomic E-state index is 0.0364. The zero-order valence-electron chi connectivity index (χ0n) is 8.76. The molecule has 0 saturated carbocycles. The molecule has 1 aliphatic rings. The predicted octanol–water partition coefficient (Wildman–Crippen LogP) is 2.16. The molecule has 0 spiro atoms. The third kappa shape index (κ3) is 2.08. The summed E-state index contributed by atoms with van der Waals surface area (Å²) in [6.07, 6.45) is 1.58. The van der Waals surface area contributed by atoms with Gasteiger partial charge in [0.2, 0.25) is 0 Å². The van der Waals surface area contributed by atoms with Gasteiger partial charge < -0.3 is 4.74 Å². The molecule has 0 aliphatic carbocycles. The first-order valence-corrected chi connectivity index (χ1v) is 4.76. The van der Waals surface area contributed by atoms with E-state index in [1.807, 2.05) is 27.7 Å². The second kappa shape index (κ2) is 3.48. The van der Waals surface area contributed by atoms with Gasteiger partial charge in [0.25, 0.3) is 5.91 Å². The largest absolute Gasteiger partial charge is 0.478 e. The van der Waals surface area contributed by atoms with Crippen molar-refractivity contribution in [3.05, 3.63) is 0 Å². The molecule has 13 heavy (non-hydrogen) atoms. The normalized spacial score (nSPS) is 28.1. The second-order valence-corrected chi connectivity index (χ2v) is 4.07. The smallest absolute Gasteiger partial charge is 0.255 e. The molecule has 0 aromatic rings. The molecule has 0 radical (unpaired) electrons. The summed E-state index contributed by atoms with van der Waals surface area (Å²) < 4.78 is 5.41. The summed E-state index contributed by atoms with van der Waals surface area (Å²) in [4.78, 5) is 15.4. The Morgan fingerprint density at radius 2 is 2.23 bits per heavy atom. The molecule has 3 heteroatoms. The number of nitrogens with zero attached hydrogens (tertiary/aromatic N) is 1. The summed E-state index contributed by atoms with van der Waals surface area (Å²) in [5.41, 5.74) is -0.315. The Hall–Kier alpha value is -0.860. The first-order chi connectivity index (χ1) is 5.98. The van der Waals surface area contributed by atoms with Gasteiger partial charge in [-0.1, -0.05) is 13.8 Å². The van der Waals surface area contributed by atoms with Crippen molar-refractivity contribution in [1.29, 1.82) is 0 Å². The SMILES string of the molecule is CCC1(C)CC(OC(C)C)=NC1=O. The van der Waals surface area contributed by atoms with E-state index in [0.29, 0.717) is 12.3 Å². The van der Waals surface area contributed by atoms with E-state index in [0.717, 1.165) is 6.42 Å². The first kappa shape index (κ1) is 10.2. The Kier molecular flexibility index (Phi) is 2.74. The molecular formula is C10H17NO2. The van der Waals surface area contributed by atoms with Crippen molar-refractivity contribution in [3.8, 4) is 0 Å². The van der Waals surface area contributed by atoms with Crippen molar-refractivity contribution < 1.29 is 9.53 Å². The fourth-order valence-electron chi connectivity index (χ4n) is 1.31. The minimum atomic E-state index is -0.315. The topological polar surface area (TPSA) is 38.7 Å². The number of hydrogen-bond acceptors (Lipinski definition) is 2. The number of hydrogen-bond donors (Lipinski definition) is 0. The van der Waals surface area contributed by atoms with Gasteiger partial charge in [-0.2, -0.15) is 4.99 Å². The zero-order valence-corrected chi connectivity index (χ0v) is 8.76. The quantitative estimate of drug-likeness (QED) is 0.658. The van der Waals surface area contributed by atoms with Gasteiger partial charge in [-0.25, -0.2) is 0 Å². The molecule has 0 bridgehead atoms. The lowest BCUT2D eigenvalue weighted by Gasteiger charge is -2.17. The van der Waals surface area contributed by atoms with Crippen LogP contribution in [0.25, 0.3) is 0 Å². The van der Waals surface area contributed by atoms with Crippen LogP contribution in [0.3, 0.4) is 0 Å². The molecule has 1 aliphatic heterocycles. The minimum Gasteiger partial charge on any atom is -0.478 e. The van der Waals surface area contributed by atoms with Gasteiger partial charge in [0.05, 0.1) is 11.5 Å². The number of rotatable bonds is 2. The van der Waals surface area contributed by atoms with Crippen LogP contribution in [-0.2, 0) is 9.53 Å². The Morgan fingerprint density at radius 1 is 1.62 bits per heavy atom. The molecular weight excluding hydrogens is 166 g/mol. The summed E-state index contributed by atoms with van der Waals surface area (Å²) in [6, 6.07) is 0. The van der Waals surface area contributed by atoms with Crippen molar-refractivity contribution in [2.45, 2.75) is 46.6 Å². The zero-order chi connectivity index (χ0) is 10.1. The number of carbonyl (C=O) groups excluding carboxylic acids is 1. The van der Waals surface area contributed by atoms with Crippen molar-refractivity contribution in [1.82, 2.24) is 0 Å². The lowest BCUT2D eigenvalue weighted by molar-refractivity contribution is -0.125. The second-order valence-electron chi connectivity index (χ2n) is 4.07. The molecule has 1 heterocycles. The number of amides is 1. The van der Waals surface area contributed by atoms with Gasteiger partial charge in [-0.15, -0.1) is 0 Å². The van der Waals surface area contributed by atoms with Crippen molar-refractivity contribution in [3.63, 3.8) is 0 Å². The third-order valence-electron chi connectivity index (χ3n) is 2.44. The van der Waals surface area contributed by atoms with Crippen molar-refractivity contribution >= 4 is 11.8 Å². The molecule has 3 nitrogen and oxygen atoms in total. The highest BCUT2D eigenvalue weighted by atomic mass is 16.5. The maximum Gasteiger partial charge on any atom is 0.255 e. The molecule has 1 rings (SSSR count). The monoisotopic (exact) mass is 183 g/mol. The summed E-state index contributed by atoms with van der Waals surface area (Å²) in [7, 11) is 0. The average molecular weight is 183 g/mol. The third-order valence-corrected chi connectivity index (χ3v) is 2.44. The van der Waals surface area contributed by atoms with Gasteiger partial charge in [-0.3, -0.25) is 4.79 Å². The molecule has 1 atom stereocenters. The van der Waals surface area contributed by atoms with Crippen LogP contribution in [0.2, 0.25) is 0 Å². The highest BCUT2D eigenvalue weighted by molar-refractivity contribution is 6.02. The van der Waals surface area contributed by atoms with Gasteiger partial charge in [-0.05, 0) is 20.3 Å². The standard InChI is InChI=1S/C10H17NO2/c1-5-10(4)6-8(11-9(10)12)13-7(2)3/h7H,5-6H2,1-4H3. The highest BCUT2D eigenvalue weighted by Gasteiger charge is 2.39. The first-order valence-electron chi connectivity index (χ1n) is 4.76. The number of aliphatic imine (C=N–C) groups is 1. The van der Waals surface area contributed by atoms with E-state index < -0.39 is 0 Å². The summed E-state index contributed by atoms with van der Waals surface area (Å²) in [5, 5.41) is 0. The van der Waals surface area contributed by atoms with Crippen LogP contribution < -0.4 is 0 Å². The maximum atomic E-state index is 11.5. The Balaban J connectivity index is 2.66. The molecule has 0 aromatic heterocycles. The van der Waals surface area contributed by atoms with E-state index in [4.69, 9.17) is 4.74 Å². The summed E-state index contributed by atoms with van der Waals surface area (Å²) >= 11 is 0. The van der Waals surface area contributed by atoms with Gasteiger partial charge in [0.15, 0.2) is 5.90 Å². The molecule has 74 valence electrons. The molecule has 0 fully saturated rings. The van der Waals surface area contributed by atoms with Gasteiger partial charge in [0.1, 0.15) is 0 Å². The van der Waals surface area contributed by atoms with Crippen LogP contribution in [0.1, 0.15) is 40.5 Å². The molecule has 1 amide bonds. The van der Waals surface area contributed by atoms with E-state index >= 15 is 0 Å². The van der Waals surface area contributed by atoms with Crippen LogP contribution in [0.4, 0.5) is 0 Å². The molecule has 0 aromatic carbocycles. The lowest BCUT2D eigenvalue weighted by Crippen LogP contribution is -2.22. The number of carbonyl (C=O) groups is 1. The maximum absolute atomic E-state index is 11.5. The van der Waals surface area contributed by atoms with E-state index in [-0.39, 0.29) is 17.4 Å². The fourth-order valence-corrected chi connectivity index (χ4v) is 1.31. The van der Waals surface area contributed by atoms with Crippen LogP contribution in [0.5, 0.6) is 0 Å². The molecule has 0 N–H and O–H groups in total. The Bertz CT molecular complexity index is 245. The summed E-state index contributed by atoms with van der Waals surface area (Å²) in [6.45, 7) is 7.82. The van der Waals surface area contributed by atoms with Crippen LogP contribution >= 0.6 is 0 Å². The Morgan fingerprint density at radius 3 is 2.62 bits per heavy atom. The van der Waals surface area contributed by atoms with Crippen LogP contribution in [-0.4, -0.2) is 17.9 Å². The van der Waals surface area contributed by atoms with E-state index in [9.17, 15) is 4.79 Å². The summed E-state index contributed by atoms with van der Waals surface area (Å²) in [5.74, 6) is 0.565. The molecule has 1 unspecified atom stereocenters. The van der Waals surface area contributed by atoms with E-state index in [1.54, 1.807) is 0 Å². The molecule has 0 saturated heterocycles.